The Hall–Kier alpha value is -3.75. The normalized spacial score (nSPS) is 14.6. The number of amides is 2. The van der Waals surface area contributed by atoms with Gasteiger partial charge in [0.05, 0.1) is 4.92 Å². The van der Waals surface area contributed by atoms with Crippen LogP contribution in [0, 0.1) is 10.1 Å². The molecule has 1 aromatic heterocycles. The van der Waals surface area contributed by atoms with Crippen LogP contribution in [0.25, 0.3) is 11.4 Å². The number of nitrogens with zero attached hydrogens (tertiary/aromatic N) is 4. The second-order valence-corrected chi connectivity index (χ2v) is 6.82. The van der Waals surface area contributed by atoms with E-state index in [1.807, 2.05) is 30.3 Å². The standard InChI is InChI=1S/C20H19N5O4/c26-20(21-16-6-8-17(9-7-16)25(27)28)24-12-10-15(11-13-24)19-22-18(23-29-19)14-4-2-1-3-5-14/h1-9,15H,10-13H2,(H,21,26). The molecule has 1 N–H and O–H groups in total. The lowest BCUT2D eigenvalue weighted by atomic mass is 9.97. The zero-order valence-electron chi connectivity index (χ0n) is 15.5. The molecule has 9 heteroatoms. The number of likely N-dealkylation sites (tertiary alicyclic amines) is 1. The van der Waals surface area contributed by atoms with Crippen LogP contribution < -0.4 is 5.32 Å². The SMILES string of the molecule is O=C(Nc1ccc([N+](=O)[O-])cc1)N1CCC(c2nc(-c3ccccc3)no2)CC1. The largest absolute Gasteiger partial charge is 0.339 e. The predicted molar refractivity (Wildman–Crippen MR) is 105 cm³/mol. The summed E-state index contributed by atoms with van der Waals surface area (Å²) in [6.45, 7) is 1.12. The third kappa shape index (κ3) is 4.23. The lowest BCUT2D eigenvalue weighted by Gasteiger charge is -2.30. The van der Waals surface area contributed by atoms with Crippen molar-refractivity contribution in [3.63, 3.8) is 0 Å². The van der Waals surface area contributed by atoms with Gasteiger partial charge in [-0.05, 0) is 25.0 Å². The Bertz CT molecular complexity index is 995. The maximum Gasteiger partial charge on any atom is 0.321 e. The number of piperidine rings is 1. The third-order valence-electron chi connectivity index (χ3n) is 4.93. The molecule has 1 aliphatic heterocycles. The molecule has 3 aromatic rings. The Kier molecular flexibility index (Phi) is 5.19. The van der Waals surface area contributed by atoms with Gasteiger partial charge in [0.1, 0.15) is 0 Å². The summed E-state index contributed by atoms with van der Waals surface area (Å²) < 4.78 is 5.45. The highest BCUT2D eigenvalue weighted by Crippen LogP contribution is 2.29. The van der Waals surface area contributed by atoms with Crippen molar-refractivity contribution in [3.8, 4) is 11.4 Å². The first-order valence-electron chi connectivity index (χ1n) is 9.29. The molecule has 0 aliphatic carbocycles. The van der Waals surface area contributed by atoms with Gasteiger partial charge in [-0.2, -0.15) is 4.98 Å². The van der Waals surface area contributed by atoms with E-state index < -0.39 is 4.92 Å². The summed E-state index contributed by atoms with van der Waals surface area (Å²) in [6, 6.07) is 15.2. The monoisotopic (exact) mass is 393 g/mol. The first kappa shape index (κ1) is 18.6. The third-order valence-corrected chi connectivity index (χ3v) is 4.93. The van der Waals surface area contributed by atoms with Gasteiger partial charge in [0.15, 0.2) is 0 Å². The van der Waals surface area contributed by atoms with Crippen molar-refractivity contribution in [2.45, 2.75) is 18.8 Å². The van der Waals surface area contributed by atoms with Gasteiger partial charge in [-0.15, -0.1) is 0 Å². The van der Waals surface area contributed by atoms with Crippen molar-refractivity contribution >= 4 is 17.4 Å². The zero-order chi connectivity index (χ0) is 20.2. The second-order valence-electron chi connectivity index (χ2n) is 6.82. The minimum atomic E-state index is -0.475. The topological polar surface area (TPSA) is 114 Å². The summed E-state index contributed by atoms with van der Waals surface area (Å²) in [4.78, 5) is 28.9. The van der Waals surface area contributed by atoms with E-state index in [1.54, 1.807) is 4.90 Å². The van der Waals surface area contributed by atoms with E-state index in [-0.39, 0.29) is 17.6 Å². The number of rotatable bonds is 4. The highest BCUT2D eigenvalue weighted by Gasteiger charge is 2.27. The smallest absolute Gasteiger partial charge is 0.321 e. The molecular weight excluding hydrogens is 374 g/mol. The average molecular weight is 393 g/mol. The van der Waals surface area contributed by atoms with E-state index >= 15 is 0 Å². The number of carbonyl (C=O) groups is 1. The molecule has 29 heavy (non-hydrogen) atoms. The van der Waals surface area contributed by atoms with Gasteiger partial charge in [0.25, 0.3) is 5.69 Å². The molecule has 0 radical (unpaired) electrons. The maximum atomic E-state index is 12.4. The zero-order valence-corrected chi connectivity index (χ0v) is 15.5. The number of hydrogen-bond donors (Lipinski definition) is 1. The first-order chi connectivity index (χ1) is 14.1. The molecule has 0 atom stereocenters. The van der Waals surface area contributed by atoms with Crippen LogP contribution in [0.3, 0.4) is 0 Å². The molecule has 2 amide bonds. The summed E-state index contributed by atoms with van der Waals surface area (Å²) in [5, 5.41) is 17.5. The Balaban J connectivity index is 1.33. The van der Waals surface area contributed by atoms with Crippen molar-refractivity contribution in [1.82, 2.24) is 15.0 Å². The molecule has 2 heterocycles. The van der Waals surface area contributed by atoms with Crippen molar-refractivity contribution in [2.75, 3.05) is 18.4 Å². The van der Waals surface area contributed by atoms with Crippen LogP contribution in [-0.4, -0.2) is 39.1 Å². The molecular formula is C20H19N5O4. The number of nitro benzene ring substituents is 1. The fourth-order valence-electron chi connectivity index (χ4n) is 3.30. The molecule has 0 bridgehead atoms. The summed E-state index contributed by atoms with van der Waals surface area (Å²) in [6.07, 6.45) is 1.45. The molecule has 148 valence electrons. The van der Waals surface area contributed by atoms with E-state index in [0.717, 1.165) is 18.4 Å². The summed E-state index contributed by atoms with van der Waals surface area (Å²) in [5.74, 6) is 1.28. The quantitative estimate of drug-likeness (QED) is 0.528. The molecule has 0 saturated carbocycles. The number of nitro groups is 1. The molecule has 1 fully saturated rings. The number of nitrogens with one attached hydrogen (secondary N) is 1. The number of hydrogen-bond acceptors (Lipinski definition) is 6. The minimum Gasteiger partial charge on any atom is -0.339 e. The maximum absolute atomic E-state index is 12.4. The number of carbonyl (C=O) groups excluding carboxylic acids is 1. The Labute approximate surface area is 166 Å². The Morgan fingerprint density at radius 1 is 1.10 bits per heavy atom. The van der Waals surface area contributed by atoms with Gasteiger partial charge in [-0.1, -0.05) is 35.5 Å². The van der Waals surface area contributed by atoms with Gasteiger partial charge in [-0.25, -0.2) is 4.79 Å². The van der Waals surface area contributed by atoms with Crippen molar-refractivity contribution < 1.29 is 14.2 Å². The summed E-state index contributed by atoms with van der Waals surface area (Å²) >= 11 is 0. The van der Waals surface area contributed by atoms with E-state index in [1.165, 1.54) is 24.3 Å². The van der Waals surface area contributed by atoms with Crippen LogP contribution in [0.5, 0.6) is 0 Å². The molecule has 4 rings (SSSR count). The lowest BCUT2D eigenvalue weighted by Crippen LogP contribution is -2.40. The van der Waals surface area contributed by atoms with Gasteiger partial charge < -0.3 is 14.7 Å². The fourth-order valence-corrected chi connectivity index (χ4v) is 3.30. The van der Waals surface area contributed by atoms with Crippen LogP contribution in [0.1, 0.15) is 24.7 Å². The van der Waals surface area contributed by atoms with E-state index in [2.05, 4.69) is 15.5 Å². The molecule has 0 unspecified atom stereocenters. The lowest BCUT2D eigenvalue weighted by molar-refractivity contribution is -0.384. The van der Waals surface area contributed by atoms with Crippen LogP contribution >= 0.6 is 0 Å². The van der Waals surface area contributed by atoms with Crippen molar-refractivity contribution in [1.29, 1.82) is 0 Å². The van der Waals surface area contributed by atoms with Gasteiger partial charge in [-0.3, -0.25) is 10.1 Å². The van der Waals surface area contributed by atoms with E-state index in [0.29, 0.717) is 30.5 Å². The molecule has 9 nitrogen and oxygen atoms in total. The number of urea groups is 1. The minimum absolute atomic E-state index is 0.0155. The number of anilines is 1. The highest BCUT2D eigenvalue weighted by molar-refractivity contribution is 5.89. The summed E-state index contributed by atoms with van der Waals surface area (Å²) in [5.41, 5.74) is 1.41. The molecule has 1 aliphatic rings. The van der Waals surface area contributed by atoms with Crippen LogP contribution in [0.15, 0.2) is 59.1 Å². The van der Waals surface area contributed by atoms with Crippen molar-refractivity contribution in [2.24, 2.45) is 0 Å². The second kappa shape index (κ2) is 8.09. The first-order valence-corrected chi connectivity index (χ1v) is 9.29. The van der Waals surface area contributed by atoms with Crippen LogP contribution in [0.2, 0.25) is 0 Å². The molecule has 1 saturated heterocycles. The fraction of sp³-hybridized carbons (Fsp3) is 0.250. The highest BCUT2D eigenvalue weighted by atomic mass is 16.6. The molecule has 0 spiro atoms. The number of benzene rings is 2. The average Bonchev–Trinajstić information content (AvgIpc) is 3.25. The van der Waals surface area contributed by atoms with E-state index in [9.17, 15) is 14.9 Å². The Morgan fingerprint density at radius 2 is 1.79 bits per heavy atom. The van der Waals surface area contributed by atoms with Gasteiger partial charge >= 0.3 is 6.03 Å². The van der Waals surface area contributed by atoms with Crippen LogP contribution in [0.4, 0.5) is 16.2 Å². The number of aromatic nitrogens is 2. The number of non-ortho nitro benzene ring substituents is 1. The molecule has 2 aromatic carbocycles. The van der Waals surface area contributed by atoms with Crippen LogP contribution in [-0.2, 0) is 0 Å². The van der Waals surface area contributed by atoms with E-state index in [4.69, 9.17) is 4.52 Å². The van der Waals surface area contributed by atoms with Crippen molar-refractivity contribution in [3.05, 3.63) is 70.6 Å². The van der Waals surface area contributed by atoms with Gasteiger partial charge in [0, 0.05) is 42.4 Å². The summed E-state index contributed by atoms with van der Waals surface area (Å²) in [7, 11) is 0. The van der Waals surface area contributed by atoms with Gasteiger partial charge in [0.2, 0.25) is 11.7 Å². The Morgan fingerprint density at radius 3 is 2.45 bits per heavy atom. The predicted octanol–water partition coefficient (Wildman–Crippen LogP) is 4.06.